The van der Waals surface area contributed by atoms with Crippen molar-refractivity contribution in [2.24, 2.45) is 0 Å². The molecule has 5 heteroatoms. The average Bonchev–Trinajstić information content (AvgIpc) is 3.18. The second-order valence-corrected chi connectivity index (χ2v) is 8.03. The summed E-state index contributed by atoms with van der Waals surface area (Å²) in [5.41, 5.74) is 5.15. The lowest BCUT2D eigenvalue weighted by Crippen LogP contribution is -2.28. The molecule has 4 aromatic rings. The molecule has 0 radical (unpaired) electrons. The quantitative estimate of drug-likeness (QED) is 0.437. The van der Waals surface area contributed by atoms with E-state index in [1.807, 2.05) is 25.1 Å². The second kappa shape index (κ2) is 9.13. The molecule has 0 saturated heterocycles. The molecule has 0 aliphatic heterocycles. The van der Waals surface area contributed by atoms with Crippen molar-refractivity contribution in [1.29, 1.82) is 0 Å². The molecule has 158 valence electrons. The summed E-state index contributed by atoms with van der Waals surface area (Å²) in [6, 6.07) is 20.1. The Morgan fingerprint density at radius 1 is 1.00 bits per heavy atom. The molecular formula is C26H28N4O. The lowest BCUT2D eigenvalue weighted by Gasteiger charge is -2.17. The summed E-state index contributed by atoms with van der Waals surface area (Å²) in [6.45, 7) is 7.14. The van der Waals surface area contributed by atoms with Gasteiger partial charge in [0.25, 0.3) is 5.91 Å². The number of rotatable bonds is 7. The Morgan fingerprint density at radius 2 is 1.71 bits per heavy atom. The number of fused-ring (bicyclic) bond motifs is 1. The van der Waals surface area contributed by atoms with Gasteiger partial charge >= 0.3 is 0 Å². The molecule has 0 fully saturated rings. The van der Waals surface area contributed by atoms with Crippen molar-refractivity contribution in [1.82, 2.24) is 19.9 Å². The number of pyridine rings is 1. The third-order valence-electron chi connectivity index (χ3n) is 5.86. The van der Waals surface area contributed by atoms with Gasteiger partial charge in [-0.2, -0.15) is 0 Å². The van der Waals surface area contributed by atoms with Crippen LogP contribution in [0.5, 0.6) is 0 Å². The minimum absolute atomic E-state index is 0.133. The zero-order chi connectivity index (χ0) is 21.8. The molecule has 4 rings (SSSR count). The number of para-hydroxylation sites is 2. The van der Waals surface area contributed by atoms with Crippen LogP contribution in [0.15, 0.2) is 73.1 Å². The van der Waals surface area contributed by atoms with Gasteiger partial charge in [-0.05, 0) is 54.7 Å². The van der Waals surface area contributed by atoms with E-state index in [-0.39, 0.29) is 11.9 Å². The summed E-state index contributed by atoms with van der Waals surface area (Å²) >= 11 is 0. The third-order valence-corrected chi connectivity index (χ3v) is 5.86. The Hall–Kier alpha value is -3.47. The molecule has 31 heavy (non-hydrogen) atoms. The molecule has 2 atom stereocenters. The van der Waals surface area contributed by atoms with Crippen molar-refractivity contribution in [3.63, 3.8) is 0 Å². The van der Waals surface area contributed by atoms with Crippen molar-refractivity contribution in [3.8, 4) is 0 Å². The van der Waals surface area contributed by atoms with E-state index < -0.39 is 0 Å². The predicted molar refractivity (Wildman–Crippen MR) is 124 cm³/mol. The zero-order valence-corrected chi connectivity index (χ0v) is 18.2. The Bertz CT molecular complexity index is 1170. The summed E-state index contributed by atoms with van der Waals surface area (Å²) < 4.78 is 2.20. The van der Waals surface area contributed by atoms with E-state index in [1.54, 1.807) is 24.5 Å². The Balaban J connectivity index is 1.63. The van der Waals surface area contributed by atoms with Crippen molar-refractivity contribution in [2.45, 2.75) is 45.7 Å². The number of nitrogens with zero attached hydrogens (tertiary/aromatic N) is 3. The Kier molecular flexibility index (Phi) is 6.12. The van der Waals surface area contributed by atoms with E-state index in [0.29, 0.717) is 18.0 Å². The first-order chi connectivity index (χ1) is 15.1. The first-order valence-electron chi connectivity index (χ1n) is 10.8. The summed E-state index contributed by atoms with van der Waals surface area (Å²) in [6.07, 6.45) is 4.38. The highest BCUT2D eigenvalue weighted by Crippen LogP contribution is 2.24. The smallest absolute Gasteiger partial charge is 0.251 e. The highest BCUT2D eigenvalue weighted by molar-refractivity contribution is 5.94. The van der Waals surface area contributed by atoms with Crippen molar-refractivity contribution < 1.29 is 4.79 Å². The SMILES string of the molecule is CCC(C)c1ccc(Cn2c(C(C)NC(=O)c3ccncc3)nc3ccccc32)cc1. The van der Waals surface area contributed by atoms with Crippen molar-refractivity contribution in [2.75, 3.05) is 0 Å². The number of carbonyl (C=O) groups is 1. The summed E-state index contributed by atoms with van der Waals surface area (Å²) in [7, 11) is 0. The molecular weight excluding hydrogens is 384 g/mol. The molecule has 1 amide bonds. The normalized spacial score (nSPS) is 13.1. The van der Waals surface area contributed by atoms with Crippen LogP contribution >= 0.6 is 0 Å². The minimum Gasteiger partial charge on any atom is -0.342 e. The van der Waals surface area contributed by atoms with Crippen LogP contribution in [0.2, 0.25) is 0 Å². The van der Waals surface area contributed by atoms with Gasteiger partial charge in [-0.1, -0.05) is 50.2 Å². The van der Waals surface area contributed by atoms with Crippen LogP contribution in [0.25, 0.3) is 11.0 Å². The maximum Gasteiger partial charge on any atom is 0.251 e. The number of imidazole rings is 1. The molecule has 5 nitrogen and oxygen atoms in total. The van der Waals surface area contributed by atoms with Crippen LogP contribution in [0.3, 0.4) is 0 Å². The number of nitrogens with one attached hydrogen (secondary N) is 1. The summed E-state index contributed by atoms with van der Waals surface area (Å²) in [5.74, 6) is 1.27. The second-order valence-electron chi connectivity index (χ2n) is 8.03. The van der Waals surface area contributed by atoms with Crippen LogP contribution in [-0.4, -0.2) is 20.4 Å². The maximum absolute atomic E-state index is 12.7. The van der Waals surface area contributed by atoms with E-state index in [1.165, 1.54) is 11.1 Å². The van der Waals surface area contributed by atoms with Crippen LogP contribution in [0, 0.1) is 0 Å². The molecule has 0 saturated carbocycles. The van der Waals surface area contributed by atoms with Gasteiger partial charge in [0.2, 0.25) is 0 Å². The number of benzene rings is 2. The average molecular weight is 413 g/mol. The summed E-state index contributed by atoms with van der Waals surface area (Å²) in [4.78, 5) is 21.5. The first kappa shape index (κ1) is 20.8. The van der Waals surface area contributed by atoms with Crippen LogP contribution in [-0.2, 0) is 6.54 Å². The fourth-order valence-electron chi connectivity index (χ4n) is 3.81. The lowest BCUT2D eigenvalue weighted by atomic mass is 9.97. The molecule has 0 aliphatic rings. The van der Waals surface area contributed by atoms with Gasteiger partial charge in [0.05, 0.1) is 17.1 Å². The Morgan fingerprint density at radius 3 is 2.42 bits per heavy atom. The van der Waals surface area contributed by atoms with E-state index in [9.17, 15) is 4.79 Å². The number of carbonyl (C=O) groups excluding carboxylic acids is 1. The molecule has 2 heterocycles. The lowest BCUT2D eigenvalue weighted by molar-refractivity contribution is 0.0937. The highest BCUT2D eigenvalue weighted by Gasteiger charge is 2.19. The van der Waals surface area contributed by atoms with Crippen molar-refractivity contribution in [3.05, 3.63) is 95.6 Å². The first-order valence-corrected chi connectivity index (χ1v) is 10.8. The molecule has 2 aromatic carbocycles. The molecule has 1 N–H and O–H groups in total. The van der Waals surface area contributed by atoms with Crippen LogP contribution in [0.1, 0.15) is 66.5 Å². The van der Waals surface area contributed by atoms with Crippen LogP contribution < -0.4 is 5.32 Å². The van der Waals surface area contributed by atoms with Gasteiger partial charge in [0.1, 0.15) is 5.82 Å². The van der Waals surface area contributed by atoms with Gasteiger partial charge in [-0.25, -0.2) is 4.98 Å². The number of hydrogen-bond donors (Lipinski definition) is 1. The van der Waals surface area contributed by atoms with Gasteiger partial charge in [-0.3, -0.25) is 9.78 Å². The van der Waals surface area contributed by atoms with Gasteiger partial charge in [0, 0.05) is 24.5 Å². The highest BCUT2D eigenvalue weighted by atomic mass is 16.1. The molecule has 2 unspecified atom stereocenters. The zero-order valence-electron chi connectivity index (χ0n) is 18.2. The van der Waals surface area contributed by atoms with Gasteiger partial charge in [0.15, 0.2) is 0 Å². The number of aromatic nitrogens is 3. The standard InChI is InChI=1S/C26H28N4O/c1-4-18(2)21-11-9-20(10-12-21)17-30-24-8-6-5-7-23(24)29-25(30)19(3)28-26(31)22-13-15-27-16-14-22/h5-16,18-19H,4,17H2,1-3H3,(H,28,31). The van der Waals surface area contributed by atoms with Gasteiger partial charge in [-0.15, -0.1) is 0 Å². The largest absolute Gasteiger partial charge is 0.342 e. The molecule has 0 spiro atoms. The maximum atomic E-state index is 12.7. The predicted octanol–water partition coefficient (Wildman–Crippen LogP) is 5.48. The number of hydrogen-bond acceptors (Lipinski definition) is 3. The fourth-order valence-corrected chi connectivity index (χ4v) is 3.81. The van der Waals surface area contributed by atoms with Crippen LogP contribution in [0.4, 0.5) is 0 Å². The Labute approximate surface area is 183 Å². The molecule has 0 aliphatic carbocycles. The van der Waals surface area contributed by atoms with Crippen molar-refractivity contribution >= 4 is 16.9 Å². The van der Waals surface area contributed by atoms with E-state index in [2.05, 4.69) is 59.0 Å². The molecule has 2 aromatic heterocycles. The monoisotopic (exact) mass is 412 g/mol. The number of amides is 1. The van der Waals surface area contributed by atoms with E-state index in [4.69, 9.17) is 4.98 Å². The van der Waals surface area contributed by atoms with E-state index >= 15 is 0 Å². The summed E-state index contributed by atoms with van der Waals surface area (Å²) in [5, 5.41) is 3.08. The topological polar surface area (TPSA) is 59.8 Å². The fraction of sp³-hybridized carbons (Fsp3) is 0.269. The van der Waals surface area contributed by atoms with Gasteiger partial charge < -0.3 is 9.88 Å². The molecule has 0 bridgehead atoms. The third kappa shape index (κ3) is 4.50. The van der Waals surface area contributed by atoms with E-state index in [0.717, 1.165) is 23.3 Å². The minimum atomic E-state index is -0.243.